The molecule has 0 aromatic carbocycles. The van der Waals surface area contributed by atoms with Gasteiger partial charge in [-0.3, -0.25) is 0 Å². The van der Waals surface area contributed by atoms with Crippen molar-refractivity contribution < 1.29 is 0 Å². The minimum absolute atomic E-state index is 0.449. The molecule has 12 heavy (non-hydrogen) atoms. The summed E-state index contributed by atoms with van der Waals surface area (Å²) in [7, 11) is 0. The Bertz CT molecular complexity index is 328. The molecule has 0 radical (unpaired) electrons. The van der Waals surface area contributed by atoms with Crippen LogP contribution in [0, 0.1) is 11.7 Å². The third-order valence-corrected chi connectivity index (χ3v) is 2.09. The Morgan fingerprint density at radius 1 is 1.75 bits per heavy atom. The smallest absolute Gasteiger partial charge is 0.195 e. The minimum Gasteiger partial charge on any atom is -0.760 e. The number of nitrogens with one attached hydrogen (secondary N) is 1. The summed E-state index contributed by atoms with van der Waals surface area (Å²) in [6.45, 7) is 5.58. The highest BCUT2D eigenvalue weighted by molar-refractivity contribution is 7.71. The van der Waals surface area contributed by atoms with Gasteiger partial charge in [-0.15, -0.1) is 6.58 Å². The molecule has 1 heterocycles. The van der Waals surface area contributed by atoms with Crippen molar-refractivity contribution in [2.45, 2.75) is 18.4 Å². The third-order valence-electron chi connectivity index (χ3n) is 1.56. The number of hydrogen-bond acceptors (Lipinski definition) is 3. The normalized spacial score (nSPS) is 9.75. The molecule has 64 valence electrons. The zero-order valence-corrected chi connectivity index (χ0v) is 8.39. The van der Waals surface area contributed by atoms with Crippen LogP contribution in [-0.2, 0) is 19.0 Å². The molecule has 1 rings (SSSR count). The van der Waals surface area contributed by atoms with Crippen molar-refractivity contribution in [3.8, 4) is 0 Å². The SMILES string of the molecule is C=CCc1c([S-])nc(=S)[nH]c1C. The van der Waals surface area contributed by atoms with Crippen LogP contribution >= 0.6 is 12.2 Å². The highest BCUT2D eigenvalue weighted by atomic mass is 32.1. The number of aromatic nitrogens is 2. The van der Waals surface area contributed by atoms with E-state index in [9.17, 15) is 0 Å². The van der Waals surface area contributed by atoms with Gasteiger partial charge in [0.05, 0.1) is 0 Å². The fraction of sp³-hybridized carbons (Fsp3) is 0.250. The molecule has 2 nitrogen and oxygen atoms in total. The second kappa shape index (κ2) is 3.78. The van der Waals surface area contributed by atoms with Gasteiger partial charge in [0.15, 0.2) is 4.77 Å². The molecule has 0 bridgehead atoms. The molecule has 0 unspecified atom stereocenters. The topological polar surface area (TPSA) is 28.7 Å². The quantitative estimate of drug-likeness (QED) is 0.340. The van der Waals surface area contributed by atoms with Gasteiger partial charge in [0.25, 0.3) is 0 Å². The Morgan fingerprint density at radius 3 is 2.92 bits per heavy atom. The molecule has 0 aliphatic heterocycles. The van der Waals surface area contributed by atoms with Crippen LogP contribution in [-0.4, -0.2) is 9.97 Å². The van der Waals surface area contributed by atoms with E-state index in [0.717, 1.165) is 17.7 Å². The molecular formula is C8H9N2S2-. The summed E-state index contributed by atoms with van der Waals surface area (Å²) in [5.41, 5.74) is 1.99. The number of allylic oxidation sites excluding steroid dienone is 1. The van der Waals surface area contributed by atoms with Crippen molar-refractivity contribution in [3.63, 3.8) is 0 Å². The Balaban J connectivity index is 3.27. The summed E-state index contributed by atoms with van der Waals surface area (Å²) < 4.78 is 0.449. The summed E-state index contributed by atoms with van der Waals surface area (Å²) in [6.07, 6.45) is 2.54. The maximum absolute atomic E-state index is 5.05. The van der Waals surface area contributed by atoms with Crippen LogP contribution in [0.4, 0.5) is 0 Å². The van der Waals surface area contributed by atoms with Gasteiger partial charge < -0.3 is 17.6 Å². The van der Waals surface area contributed by atoms with Gasteiger partial charge in [-0.05, 0) is 31.1 Å². The van der Waals surface area contributed by atoms with Gasteiger partial charge >= 0.3 is 0 Å². The van der Waals surface area contributed by atoms with E-state index in [-0.39, 0.29) is 0 Å². The van der Waals surface area contributed by atoms with Gasteiger partial charge in [-0.1, -0.05) is 11.1 Å². The van der Waals surface area contributed by atoms with E-state index < -0.39 is 0 Å². The average molecular weight is 197 g/mol. The molecule has 0 spiro atoms. The molecular weight excluding hydrogens is 188 g/mol. The largest absolute Gasteiger partial charge is 0.760 e. The van der Waals surface area contributed by atoms with Crippen LogP contribution in [0.2, 0.25) is 0 Å². The molecule has 0 atom stereocenters. The molecule has 0 fully saturated rings. The fourth-order valence-corrected chi connectivity index (χ4v) is 1.60. The van der Waals surface area contributed by atoms with E-state index in [1.54, 1.807) is 6.08 Å². The van der Waals surface area contributed by atoms with Crippen LogP contribution in [0.3, 0.4) is 0 Å². The molecule has 0 saturated carbocycles. The maximum Gasteiger partial charge on any atom is 0.195 e. The molecule has 0 aliphatic carbocycles. The number of aromatic amines is 1. The lowest BCUT2D eigenvalue weighted by molar-refractivity contribution is 0.922. The van der Waals surface area contributed by atoms with Gasteiger partial charge in [0.2, 0.25) is 0 Å². The number of H-pyrrole nitrogens is 1. The summed E-state index contributed by atoms with van der Waals surface area (Å²) in [5.74, 6) is 0. The van der Waals surface area contributed by atoms with Crippen LogP contribution < -0.4 is 0 Å². The maximum atomic E-state index is 5.05. The monoisotopic (exact) mass is 197 g/mol. The zero-order valence-electron chi connectivity index (χ0n) is 6.76. The van der Waals surface area contributed by atoms with Crippen molar-refractivity contribution in [1.29, 1.82) is 0 Å². The summed E-state index contributed by atoms with van der Waals surface area (Å²) in [5, 5.41) is 0.580. The first-order chi connectivity index (χ1) is 5.65. The molecule has 4 heteroatoms. The highest BCUT2D eigenvalue weighted by Crippen LogP contribution is 2.09. The Kier molecular flexibility index (Phi) is 2.94. The van der Waals surface area contributed by atoms with Gasteiger partial charge in [-0.25, -0.2) is 4.98 Å². The molecule has 0 saturated heterocycles. The predicted molar refractivity (Wildman–Crippen MR) is 53.7 cm³/mol. The fourth-order valence-electron chi connectivity index (χ4n) is 0.969. The van der Waals surface area contributed by atoms with Crippen molar-refractivity contribution in [2.75, 3.05) is 0 Å². The minimum atomic E-state index is 0.449. The van der Waals surface area contributed by atoms with Crippen molar-refractivity contribution in [3.05, 3.63) is 28.7 Å². The number of rotatable bonds is 2. The van der Waals surface area contributed by atoms with Crippen LogP contribution in [0.5, 0.6) is 0 Å². The van der Waals surface area contributed by atoms with E-state index in [4.69, 9.17) is 24.8 Å². The average Bonchev–Trinajstić information content (AvgIpc) is 1.96. The molecule has 0 aliphatic rings. The van der Waals surface area contributed by atoms with Crippen LogP contribution in [0.1, 0.15) is 11.3 Å². The van der Waals surface area contributed by atoms with Crippen molar-refractivity contribution in [2.24, 2.45) is 0 Å². The first kappa shape index (κ1) is 9.35. The van der Waals surface area contributed by atoms with Crippen LogP contribution in [0.25, 0.3) is 0 Å². The summed E-state index contributed by atoms with van der Waals surface area (Å²) >= 11 is 9.92. The van der Waals surface area contributed by atoms with Gasteiger partial charge in [-0.2, -0.15) is 0 Å². The second-order valence-electron chi connectivity index (χ2n) is 2.44. The van der Waals surface area contributed by atoms with Gasteiger partial charge in [0, 0.05) is 5.69 Å². The van der Waals surface area contributed by atoms with E-state index in [2.05, 4.69) is 16.5 Å². The van der Waals surface area contributed by atoms with Crippen molar-refractivity contribution in [1.82, 2.24) is 9.97 Å². The lowest BCUT2D eigenvalue weighted by atomic mass is 10.2. The lowest BCUT2D eigenvalue weighted by Crippen LogP contribution is -1.98. The van der Waals surface area contributed by atoms with Gasteiger partial charge in [0.1, 0.15) is 0 Å². The summed E-state index contributed by atoms with van der Waals surface area (Å²) in [4.78, 5) is 6.93. The molecule has 1 N–H and O–H groups in total. The first-order valence-corrected chi connectivity index (χ1v) is 4.34. The second-order valence-corrected chi connectivity index (χ2v) is 3.22. The standard InChI is InChI=1S/C8H10N2S2/c1-3-4-6-5(2)9-8(12)10-7(6)11/h3H,1,4H2,2H3,(H2,9,10,11,12)/p-1. The summed E-state index contributed by atoms with van der Waals surface area (Å²) in [6, 6.07) is 0. The van der Waals surface area contributed by atoms with E-state index in [1.165, 1.54) is 0 Å². The number of nitrogens with zero attached hydrogens (tertiary/aromatic N) is 1. The van der Waals surface area contributed by atoms with E-state index in [0.29, 0.717) is 9.80 Å². The molecule has 0 amide bonds. The predicted octanol–water partition coefficient (Wildman–Crippen LogP) is 2.08. The van der Waals surface area contributed by atoms with E-state index >= 15 is 0 Å². The number of aryl methyl sites for hydroxylation is 1. The van der Waals surface area contributed by atoms with Crippen LogP contribution in [0.15, 0.2) is 17.7 Å². The molecule has 1 aromatic rings. The number of hydrogen-bond donors (Lipinski definition) is 1. The highest BCUT2D eigenvalue weighted by Gasteiger charge is 1.96. The first-order valence-electron chi connectivity index (χ1n) is 3.53. The molecule has 1 aromatic heterocycles. The van der Waals surface area contributed by atoms with Crippen molar-refractivity contribution >= 4 is 24.8 Å². The van der Waals surface area contributed by atoms with E-state index in [1.807, 2.05) is 6.92 Å². The Hall–Kier alpha value is -0.740. The lowest BCUT2D eigenvalue weighted by Gasteiger charge is -2.13. The third kappa shape index (κ3) is 1.89. The Labute approximate surface area is 82.2 Å². The zero-order chi connectivity index (χ0) is 9.14. The Morgan fingerprint density at radius 2 is 2.42 bits per heavy atom.